The number of carbonyl (C=O) groups excluding carboxylic acids is 1. The summed E-state index contributed by atoms with van der Waals surface area (Å²) in [5.74, 6) is 1.19. The zero-order valence-electron chi connectivity index (χ0n) is 10.1. The van der Waals surface area contributed by atoms with Gasteiger partial charge in [0.15, 0.2) is 0 Å². The Morgan fingerprint density at radius 1 is 1.41 bits per heavy atom. The van der Waals surface area contributed by atoms with E-state index in [-0.39, 0.29) is 5.97 Å². The molecule has 0 bridgehead atoms. The molecule has 0 saturated heterocycles. The van der Waals surface area contributed by atoms with E-state index in [4.69, 9.17) is 9.47 Å². The van der Waals surface area contributed by atoms with Gasteiger partial charge in [0.2, 0.25) is 0 Å². The van der Waals surface area contributed by atoms with Gasteiger partial charge in [-0.15, -0.1) is 0 Å². The van der Waals surface area contributed by atoms with Crippen LogP contribution in [-0.2, 0) is 14.3 Å². The molecular weight excluding hydrogens is 216 g/mol. The minimum absolute atomic E-state index is 0.327. The van der Waals surface area contributed by atoms with Crippen molar-refractivity contribution in [2.24, 2.45) is 11.8 Å². The number of carbonyl (C=O) groups is 1. The van der Waals surface area contributed by atoms with Crippen LogP contribution in [-0.4, -0.2) is 25.3 Å². The molecule has 1 fully saturated rings. The van der Waals surface area contributed by atoms with Gasteiger partial charge in [0.1, 0.15) is 6.61 Å². The number of hydrogen-bond donors (Lipinski definition) is 0. The number of allylic oxidation sites excluding steroid dienone is 2. The largest absolute Gasteiger partial charge is 0.460 e. The van der Waals surface area contributed by atoms with Crippen molar-refractivity contribution in [1.82, 2.24) is 0 Å². The number of hydrogen-bond acceptors (Lipinski definition) is 3. The lowest BCUT2D eigenvalue weighted by Crippen LogP contribution is -2.28. The van der Waals surface area contributed by atoms with Crippen molar-refractivity contribution in [2.45, 2.75) is 31.8 Å². The molecule has 0 aliphatic heterocycles. The Labute approximate surface area is 102 Å². The lowest BCUT2D eigenvalue weighted by Gasteiger charge is -2.31. The van der Waals surface area contributed by atoms with Gasteiger partial charge in [-0.05, 0) is 37.5 Å². The van der Waals surface area contributed by atoms with E-state index in [9.17, 15) is 4.79 Å². The predicted molar refractivity (Wildman–Crippen MR) is 65.5 cm³/mol. The molecule has 17 heavy (non-hydrogen) atoms. The van der Waals surface area contributed by atoms with Crippen LogP contribution < -0.4 is 0 Å². The Bertz CT molecular complexity index is 309. The van der Waals surface area contributed by atoms with Gasteiger partial charge in [0.05, 0.1) is 12.7 Å². The van der Waals surface area contributed by atoms with Gasteiger partial charge >= 0.3 is 5.97 Å². The zero-order valence-corrected chi connectivity index (χ0v) is 10.1. The molecule has 3 unspecified atom stereocenters. The summed E-state index contributed by atoms with van der Waals surface area (Å²) >= 11 is 0. The predicted octanol–water partition coefficient (Wildman–Crippen LogP) is 2.48. The first-order chi connectivity index (χ1) is 8.29. The van der Waals surface area contributed by atoms with Gasteiger partial charge in [0, 0.05) is 6.08 Å². The van der Waals surface area contributed by atoms with Crippen LogP contribution in [0.1, 0.15) is 25.7 Å². The summed E-state index contributed by atoms with van der Waals surface area (Å²) < 4.78 is 10.6. The topological polar surface area (TPSA) is 35.5 Å². The molecule has 0 radical (unpaired) electrons. The lowest BCUT2D eigenvalue weighted by molar-refractivity contribution is -0.140. The molecule has 1 saturated carbocycles. The van der Waals surface area contributed by atoms with Gasteiger partial charge < -0.3 is 9.47 Å². The van der Waals surface area contributed by atoms with Crippen molar-refractivity contribution >= 4 is 5.97 Å². The normalized spacial score (nSPS) is 30.9. The van der Waals surface area contributed by atoms with Crippen LogP contribution in [0.3, 0.4) is 0 Å². The van der Waals surface area contributed by atoms with Crippen molar-refractivity contribution in [2.75, 3.05) is 13.2 Å². The highest BCUT2D eigenvalue weighted by molar-refractivity contribution is 5.81. The lowest BCUT2D eigenvalue weighted by atomic mass is 9.80. The Morgan fingerprint density at radius 3 is 3.12 bits per heavy atom. The molecule has 0 N–H and O–H groups in total. The fourth-order valence-electron chi connectivity index (χ4n) is 2.76. The number of fused-ring (bicyclic) bond motifs is 1. The third kappa shape index (κ3) is 3.43. The van der Waals surface area contributed by atoms with Gasteiger partial charge in [-0.2, -0.15) is 0 Å². The van der Waals surface area contributed by atoms with Crippen LogP contribution in [0.15, 0.2) is 24.8 Å². The molecule has 2 aliphatic rings. The first-order valence-electron chi connectivity index (χ1n) is 6.37. The summed E-state index contributed by atoms with van der Waals surface area (Å²) in [6.07, 6.45) is 10.9. The summed E-state index contributed by atoms with van der Waals surface area (Å²) in [5.41, 5.74) is 0. The molecule has 2 aliphatic carbocycles. The molecule has 0 aromatic rings. The number of ether oxygens (including phenoxy) is 2. The fourth-order valence-corrected chi connectivity index (χ4v) is 2.76. The van der Waals surface area contributed by atoms with Crippen molar-refractivity contribution in [3.63, 3.8) is 0 Å². The van der Waals surface area contributed by atoms with E-state index in [2.05, 4.69) is 18.7 Å². The van der Waals surface area contributed by atoms with E-state index in [1.54, 1.807) is 0 Å². The van der Waals surface area contributed by atoms with Crippen molar-refractivity contribution in [3.05, 3.63) is 24.8 Å². The minimum atomic E-state index is -0.377. The third-order valence-electron chi connectivity index (χ3n) is 3.66. The van der Waals surface area contributed by atoms with Crippen LogP contribution in [0.25, 0.3) is 0 Å². The fraction of sp³-hybridized carbons (Fsp3) is 0.643. The van der Waals surface area contributed by atoms with Crippen LogP contribution in [0.5, 0.6) is 0 Å². The average Bonchev–Trinajstić information content (AvgIpc) is 2.81. The van der Waals surface area contributed by atoms with E-state index >= 15 is 0 Å². The number of rotatable bonds is 5. The second-order valence-electron chi connectivity index (χ2n) is 4.77. The van der Waals surface area contributed by atoms with Crippen LogP contribution >= 0.6 is 0 Å². The molecule has 0 heterocycles. The maximum atomic E-state index is 10.8. The molecule has 0 aromatic heterocycles. The highest BCUT2D eigenvalue weighted by atomic mass is 16.6. The van der Waals surface area contributed by atoms with Gasteiger partial charge in [-0.1, -0.05) is 18.7 Å². The zero-order chi connectivity index (χ0) is 12.1. The quantitative estimate of drug-likeness (QED) is 0.318. The maximum Gasteiger partial charge on any atom is 0.330 e. The van der Waals surface area contributed by atoms with Crippen molar-refractivity contribution < 1.29 is 14.3 Å². The van der Waals surface area contributed by atoms with Crippen LogP contribution in [0, 0.1) is 11.8 Å². The molecule has 3 atom stereocenters. The second kappa shape index (κ2) is 6.01. The molecule has 0 amide bonds. The standard InChI is InChI=1S/C14H20O3/c1-2-14(15)17-9-8-16-13-7-6-11-4-3-5-12(11)10-13/h2-4,11-13H,1,5-10H2. The molecular formula is C14H20O3. The Hall–Kier alpha value is -1.09. The summed E-state index contributed by atoms with van der Waals surface area (Å²) in [4.78, 5) is 10.8. The van der Waals surface area contributed by atoms with Gasteiger partial charge in [-0.3, -0.25) is 0 Å². The average molecular weight is 236 g/mol. The highest BCUT2D eigenvalue weighted by Crippen LogP contribution is 2.38. The minimum Gasteiger partial charge on any atom is -0.460 e. The smallest absolute Gasteiger partial charge is 0.330 e. The van der Waals surface area contributed by atoms with E-state index in [0.717, 1.165) is 24.7 Å². The van der Waals surface area contributed by atoms with Crippen molar-refractivity contribution in [1.29, 1.82) is 0 Å². The number of esters is 1. The summed E-state index contributed by atoms with van der Waals surface area (Å²) in [6, 6.07) is 0. The van der Waals surface area contributed by atoms with Crippen LogP contribution in [0.4, 0.5) is 0 Å². The highest BCUT2D eigenvalue weighted by Gasteiger charge is 2.31. The molecule has 0 aromatic carbocycles. The Balaban J connectivity index is 1.61. The maximum absolute atomic E-state index is 10.8. The molecule has 3 heteroatoms. The van der Waals surface area contributed by atoms with E-state index in [0.29, 0.717) is 19.3 Å². The van der Waals surface area contributed by atoms with E-state index < -0.39 is 0 Å². The Morgan fingerprint density at radius 2 is 2.29 bits per heavy atom. The third-order valence-corrected chi connectivity index (χ3v) is 3.66. The van der Waals surface area contributed by atoms with Crippen LogP contribution in [0.2, 0.25) is 0 Å². The van der Waals surface area contributed by atoms with E-state index in [1.807, 2.05) is 0 Å². The van der Waals surface area contributed by atoms with Crippen molar-refractivity contribution in [3.8, 4) is 0 Å². The molecule has 94 valence electrons. The molecule has 2 rings (SSSR count). The van der Waals surface area contributed by atoms with Gasteiger partial charge in [-0.25, -0.2) is 4.79 Å². The SMILES string of the molecule is C=CC(=O)OCCOC1CCC2C=CCC2C1. The Kier molecular flexibility index (Phi) is 4.37. The molecule has 3 nitrogen and oxygen atoms in total. The summed E-state index contributed by atoms with van der Waals surface area (Å²) in [5, 5.41) is 0. The van der Waals surface area contributed by atoms with E-state index in [1.165, 1.54) is 18.9 Å². The second-order valence-corrected chi connectivity index (χ2v) is 4.77. The summed E-state index contributed by atoms with van der Waals surface area (Å²) in [7, 11) is 0. The molecule has 0 spiro atoms. The monoisotopic (exact) mass is 236 g/mol. The first kappa shape index (κ1) is 12.4. The summed E-state index contributed by atoms with van der Waals surface area (Å²) in [6.45, 7) is 4.17. The first-order valence-corrected chi connectivity index (χ1v) is 6.37. The van der Waals surface area contributed by atoms with Gasteiger partial charge in [0.25, 0.3) is 0 Å².